The largest absolute Gasteiger partial charge is 0.417 e. The first-order valence-corrected chi connectivity index (χ1v) is 6.13. The number of halogens is 3. The van der Waals surface area contributed by atoms with Gasteiger partial charge in [0.1, 0.15) is 0 Å². The van der Waals surface area contributed by atoms with Crippen LogP contribution in [0.2, 0.25) is 0 Å². The maximum Gasteiger partial charge on any atom is 0.390 e. The monoisotopic (exact) mass is 299 g/mol. The summed E-state index contributed by atoms with van der Waals surface area (Å²) in [5.41, 5.74) is -0.694. The summed E-state index contributed by atoms with van der Waals surface area (Å²) >= 11 is 0. The van der Waals surface area contributed by atoms with Crippen LogP contribution in [0.5, 0.6) is 0 Å². The van der Waals surface area contributed by atoms with Gasteiger partial charge in [-0.15, -0.1) is 0 Å². The summed E-state index contributed by atoms with van der Waals surface area (Å²) in [7, 11) is 1.23. The molecule has 0 aliphatic heterocycles. The van der Waals surface area contributed by atoms with Crippen molar-refractivity contribution in [3.05, 3.63) is 46.5 Å². The highest BCUT2D eigenvalue weighted by Gasteiger charge is 2.28. The van der Waals surface area contributed by atoms with Crippen molar-refractivity contribution in [2.45, 2.75) is 12.6 Å². The highest BCUT2D eigenvalue weighted by Crippen LogP contribution is 2.20. The minimum absolute atomic E-state index is 0.275. The van der Waals surface area contributed by atoms with Crippen LogP contribution in [-0.2, 0) is 0 Å². The number of rotatable bonds is 3. The van der Waals surface area contributed by atoms with E-state index in [0.29, 0.717) is 10.8 Å². The van der Waals surface area contributed by atoms with Crippen molar-refractivity contribution in [3.63, 3.8) is 0 Å². The molecule has 21 heavy (non-hydrogen) atoms. The Morgan fingerprint density at radius 3 is 2.62 bits per heavy atom. The summed E-state index contributed by atoms with van der Waals surface area (Å²) in [6, 6.07) is 7.85. The Labute approximate surface area is 117 Å². The van der Waals surface area contributed by atoms with Gasteiger partial charge in [-0.3, -0.25) is 4.79 Å². The molecule has 0 aliphatic rings. The number of fused-ring (bicyclic) bond motifs is 1. The maximum atomic E-state index is 12.1. The molecule has 4 nitrogen and oxygen atoms in total. The molecule has 0 unspecified atom stereocenters. The molecule has 0 radical (unpaired) electrons. The molecule has 7 heteroatoms. The average molecular weight is 299 g/mol. The molecule has 0 saturated heterocycles. The zero-order valence-corrected chi connectivity index (χ0v) is 11.1. The van der Waals surface area contributed by atoms with Crippen molar-refractivity contribution in [2.24, 2.45) is 0 Å². The first-order chi connectivity index (χ1) is 9.78. The van der Waals surface area contributed by atoms with Crippen LogP contribution in [0.25, 0.3) is 10.8 Å². The second-order valence-corrected chi connectivity index (χ2v) is 4.58. The first kappa shape index (κ1) is 15.1. The summed E-state index contributed by atoms with van der Waals surface area (Å²) in [5.74, 6) is -1.04. The van der Waals surface area contributed by atoms with Gasteiger partial charge in [-0.1, -0.05) is 18.2 Å². The smallest absolute Gasteiger partial charge is 0.390 e. The van der Waals surface area contributed by atoms with E-state index in [2.05, 4.69) is 0 Å². The quantitative estimate of drug-likeness (QED) is 0.875. The van der Waals surface area contributed by atoms with Crippen LogP contribution in [0.4, 0.5) is 13.2 Å². The van der Waals surface area contributed by atoms with Crippen molar-refractivity contribution in [2.75, 3.05) is 13.6 Å². The average Bonchev–Trinajstić information content (AvgIpc) is 2.43. The van der Waals surface area contributed by atoms with Gasteiger partial charge in [0.2, 0.25) is 0 Å². The molecule has 0 N–H and O–H groups in total. The lowest BCUT2D eigenvalue weighted by Crippen LogP contribution is -2.31. The van der Waals surface area contributed by atoms with E-state index in [0.717, 1.165) is 4.90 Å². The molecule has 0 spiro atoms. The Kier molecular flexibility index (Phi) is 4.02. The number of nitrogens with zero attached hydrogens (tertiary/aromatic N) is 1. The van der Waals surface area contributed by atoms with E-state index in [4.69, 9.17) is 4.42 Å². The van der Waals surface area contributed by atoms with Gasteiger partial charge in [0, 0.05) is 13.6 Å². The van der Waals surface area contributed by atoms with Crippen molar-refractivity contribution in [3.8, 4) is 0 Å². The van der Waals surface area contributed by atoms with Crippen LogP contribution in [0.3, 0.4) is 0 Å². The second-order valence-electron chi connectivity index (χ2n) is 4.58. The minimum atomic E-state index is -4.35. The van der Waals surface area contributed by atoms with Gasteiger partial charge >= 0.3 is 11.8 Å². The molecular weight excluding hydrogens is 287 g/mol. The number of hydrogen-bond acceptors (Lipinski definition) is 3. The van der Waals surface area contributed by atoms with E-state index in [-0.39, 0.29) is 5.76 Å². The zero-order valence-electron chi connectivity index (χ0n) is 11.1. The minimum Gasteiger partial charge on any atom is -0.417 e. The van der Waals surface area contributed by atoms with Crippen LogP contribution in [0.15, 0.2) is 39.5 Å². The lowest BCUT2D eigenvalue weighted by atomic mass is 10.1. The van der Waals surface area contributed by atoms with Crippen molar-refractivity contribution >= 4 is 16.7 Å². The lowest BCUT2D eigenvalue weighted by Gasteiger charge is -2.17. The van der Waals surface area contributed by atoms with Crippen LogP contribution in [-0.4, -0.2) is 30.6 Å². The third-order valence-corrected chi connectivity index (χ3v) is 2.96. The Balaban J connectivity index is 2.25. The summed E-state index contributed by atoms with van der Waals surface area (Å²) in [5, 5.41) is 0.813. The molecule has 0 fully saturated rings. The molecule has 112 valence electrons. The highest BCUT2D eigenvalue weighted by molar-refractivity contribution is 5.95. The van der Waals surface area contributed by atoms with Crippen LogP contribution < -0.4 is 5.63 Å². The Morgan fingerprint density at radius 1 is 1.29 bits per heavy atom. The molecule has 1 amide bonds. The molecule has 1 heterocycles. The van der Waals surface area contributed by atoms with Gasteiger partial charge in [0.15, 0.2) is 5.76 Å². The number of alkyl halides is 3. The molecule has 0 saturated carbocycles. The molecule has 2 rings (SSSR count). The molecule has 0 aliphatic carbocycles. The van der Waals surface area contributed by atoms with E-state index in [1.54, 1.807) is 24.3 Å². The zero-order chi connectivity index (χ0) is 15.6. The SMILES string of the molecule is CN(CCC(F)(F)F)C(=O)c1cc2ccccc2c(=O)o1. The molecular formula is C14H12F3NO3. The molecule has 0 bridgehead atoms. The van der Waals surface area contributed by atoms with Crippen molar-refractivity contribution < 1.29 is 22.4 Å². The van der Waals surface area contributed by atoms with E-state index < -0.39 is 30.7 Å². The maximum absolute atomic E-state index is 12.1. The summed E-state index contributed by atoms with van der Waals surface area (Å²) in [4.78, 5) is 24.6. The Bertz CT molecular complexity index is 721. The van der Waals surface area contributed by atoms with E-state index in [9.17, 15) is 22.8 Å². The van der Waals surface area contributed by atoms with Crippen molar-refractivity contribution in [1.82, 2.24) is 4.90 Å². The van der Waals surface area contributed by atoms with Gasteiger partial charge < -0.3 is 9.32 Å². The fourth-order valence-corrected chi connectivity index (χ4v) is 1.82. The Morgan fingerprint density at radius 2 is 1.95 bits per heavy atom. The highest BCUT2D eigenvalue weighted by atomic mass is 19.4. The number of amides is 1. The second kappa shape index (κ2) is 5.59. The standard InChI is InChI=1S/C14H12F3NO3/c1-18(7-6-14(15,16)17)12(19)11-8-9-4-2-3-5-10(9)13(20)21-11/h2-5,8H,6-7H2,1H3. The fourth-order valence-electron chi connectivity index (χ4n) is 1.82. The van der Waals surface area contributed by atoms with E-state index in [1.165, 1.54) is 13.1 Å². The molecule has 1 aromatic heterocycles. The van der Waals surface area contributed by atoms with Gasteiger partial charge in [0.25, 0.3) is 5.91 Å². The number of carbonyl (C=O) groups is 1. The van der Waals surface area contributed by atoms with Gasteiger partial charge in [0.05, 0.1) is 11.8 Å². The normalized spacial score (nSPS) is 11.6. The first-order valence-electron chi connectivity index (χ1n) is 6.13. The van der Waals surface area contributed by atoms with Crippen molar-refractivity contribution in [1.29, 1.82) is 0 Å². The third kappa shape index (κ3) is 3.62. The van der Waals surface area contributed by atoms with Crippen LogP contribution >= 0.6 is 0 Å². The summed E-state index contributed by atoms with van der Waals surface area (Å²) in [6.07, 6.45) is -5.47. The van der Waals surface area contributed by atoms with Crippen LogP contribution in [0, 0.1) is 0 Å². The van der Waals surface area contributed by atoms with Gasteiger partial charge in [-0.2, -0.15) is 13.2 Å². The van der Waals surface area contributed by atoms with Gasteiger partial charge in [-0.05, 0) is 17.5 Å². The van der Waals surface area contributed by atoms with E-state index in [1.807, 2.05) is 0 Å². The van der Waals surface area contributed by atoms with Crippen LogP contribution in [0.1, 0.15) is 17.0 Å². The topological polar surface area (TPSA) is 50.5 Å². The van der Waals surface area contributed by atoms with E-state index >= 15 is 0 Å². The van der Waals surface area contributed by atoms with Gasteiger partial charge in [-0.25, -0.2) is 4.79 Å². The number of hydrogen-bond donors (Lipinski definition) is 0. The molecule has 0 atom stereocenters. The number of carbonyl (C=O) groups excluding carboxylic acids is 1. The predicted octanol–water partition coefficient (Wildman–Crippen LogP) is 2.82. The Hall–Kier alpha value is -2.31. The lowest BCUT2D eigenvalue weighted by molar-refractivity contribution is -0.136. The predicted molar refractivity (Wildman–Crippen MR) is 70.1 cm³/mol. The summed E-state index contributed by atoms with van der Waals surface area (Å²) in [6.45, 7) is -0.501. The number of benzene rings is 1. The summed E-state index contributed by atoms with van der Waals surface area (Å²) < 4.78 is 41.3. The molecule has 2 aromatic rings. The fraction of sp³-hybridized carbons (Fsp3) is 0.286. The third-order valence-electron chi connectivity index (χ3n) is 2.96. The molecule has 1 aromatic carbocycles.